The lowest BCUT2D eigenvalue weighted by Crippen LogP contribution is -1.89. The second kappa shape index (κ2) is 9.03. The third-order valence-electron chi connectivity index (χ3n) is 9.03. The zero-order valence-electron chi connectivity index (χ0n) is 23.0. The predicted octanol–water partition coefficient (Wildman–Crippen LogP) is 11.9. The molecule has 0 radical (unpaired) electrons. The van der Waals surface area contributed by atoms with E-state index in [0.717, 1.165) is 0 Å². The van der Waals surface area contributed by atoms with Crippen molar-refractivity contribution in [1.29, 1.82) is 0 Å². The van der Waals surface area contributed by atoms with Gasteiger partial charge in [-0.2, -0.15) is 0 Å². The largest absolute Gasteiger partial charge is 0.0622 e. The molecule has 0 fully saturated rings. The molecule has 0 unspecified atom stereocenters. The van der Waals surface area contributed by atoms with Gasteiger partial charge >= 0.3 is 0 Å². The Morgan fingerprint density at radius 2 is 0.619 bits per heavy atom. The van der Waals surface area contributed by atoms with Gasteiger partial charge in [0.05, 0.1) is 0 Å². The molecule has 9 aromatic rings. The molecule has 0 aliphatic rings. The first kappa shape index (κ1) is 23.3. The molecular weight excluding hydrogens is 504 g/mol. The minimum Gasteiger partial charge on any atom is -0.0622 e. The number of benzene rings is 9. The quantitative estimate of drug-likeness (QED) is 0.195. The Morgan fingerprint density at radius 1 is 0.214 bits per heavy atom. The highest BCUT2D eigenvalue weighted by atomic mass is 14.2. The Labute approximate surface area is 244 Å². The van der Waals surface area contributed by atoms with Crippen LogP contribution in [0, 0.1) is 0 Å². The van der Waals surface area contributed by atoms with Gasteiger partial charge in [0.15, 0.2) is 0 Å². The maximum absolute atomic E-state index is 2.44. The second-order valence-electron chi connectivity index (χ2n) is 11.2. The SMILES string of the molecule is c1ccc(-c2cccc3c(-c4ccc5c6ccccc6c6c7ccccc7c7ccccc7c6c5c4)cccc23)cc1. The Morgan fingerprint density at radius 3 is 1.17 bits per heavy atom. The van der Waals surface area contributed by atoms with Crippen molar-refractivity contribution in [2.75, 3.05) is 0 Å². The molecule has 0 saturated carbocycles. The lowest BCUT2D eigenvalue weighted by molar-refractivity contribution is 1.64. The van der Waals surface area contributed by atoms with E-state index in [1.165, 1.54) is 86.9 Å². The highest BCUT2D eigenvalue weighted by Crippen LogP contribution is 2.45. The highest BCUT2D eigenvalue weighted by molar-refractivity contribution is 6.39. The molecule has 0 spiro atoms. The summed E-state index contributed by atoms with van der Waals surface area (Å²) >= 11 is 0. The monoisotopic (exact) mass is 530 g/mol. The van der Waals surface area contributed by atoms with Gasteiger partial charge in [0.2, 0.25) is 0 Å². The van der Waals surface area contributed by atoms with Crippen LogP contribution in [-0.4, -0.2) is 0 Å². The molecule has 0 bridgehead atoms. The van der Waals surface area contributed by atoms with Crippen LogP contribution in [-0.2, 0) is 0 Å². The van der Waals surface area contributed by atoms with Crippen LogP contribution in [0.15, 0.2) is 158 Å². The van der Waals surface area contributed by atoms with Crippen molar-refractivity contribution in [3.05, 3.63) is 158 Å². The average Bonchev–Trinajstić information content (AvgIpc) is 3.07. The van der Waals surface area contributed by atoms with Crippen LogP contribution in [0.2, 0.25) is 0 Å². The van der Waals surface area contributed by atoms with E-state index in [-0.39, 0.29) is 0 Å². The first-order chi connectivity index (χ1) is 20.9. The first-order valence-electron chi connectivity index (χ1n) is 14.6. The number of hydrogen-bond acceptors (Lipinski definition) is 0. The first-order valence-corrected chi connectivity index (χ1v) is 14.6. The third-order valence-corrected chi connectivity index (χ3v) is 9.03. The second-order valence-corrected chi connectivity index (χ2v) is 11.2. The van der Waals surface area contributed by atoms with E-state index < -0.39 is 0 Å². The van der Waals surface area contributed by atoms with Gasteiger partial charge in [-0.25, -0.2) is 0 Å². The van der Waals surface area contributed by atoms with Crippen LogP contribution >= 0.6 is 0 Å². The molecule has 9 aromatic carbocycles. The fourth-order valence-electron chi connectivity index (χ4n) is 7.22. The predicted molar refractivity (Wildman–Crippen MR) is 182 cm³/mol. The number of hydrogen-bond donors (Lipinski definition) is 0. The van der Waals surface area contributed by atoms with Crippen LogP contribution in [0.1, 0.15) is 0 Å². The van der Waals surface area contributed by atoms with Gasteiger partial charge in [-0.15, -0.1) is 0 Å². The van der Waals surface area contributed by atoms with Gasteiger partial charge in [0.25, 0.3) is 0 Å². The van der Waals surface area contributed by atoms with Crippen molar-refractivity contribution >= 4 is 64.6 Å². The lowest BCUT2D eigenvalue weighted by Gasteiger charge is -2.17. The van der Waals surface area contributed by atoms with E-state index in [2.05, 4.69) is 158 Å². The van der Waals surface area contributed by atoms with E-state index in [4.69, 9.17) is 0 Å². The van der Waals surface area contributed by atoms with Crippen LogP contribution < -0.4 is 0 Å². The Bertz CT molecular complexity index is 2480. The van der Waals surface area contributed by atoms with Gasteiger partial charge in [0.1, 0.15) is 0 Å². The van der Waals surface area contributed by atoms with Crippen LogP contribution in [0.5, 0.6) is 0 Å². The van der Waals surface area contributed by atoms with E-state index in [0.29, 0.717) is 0 Å². The highest BCUT2D eigenvalue weighted by Gasteiger charge is 2.17. The van der Waals surface area contributed by atoms with Gasteiger partial charge in [-0.05, 0) is 93.0 Å². The zero-order valence-corrected chi connectivity index (χ0v) is 23.0. The standard InChI is InChI=1S/C42H26/c1-2-12-27(13-3-1)29-20-10-23-32-30(21-11-22-31(29)32)28-24-25-36-35-16-6-8-18-38(35)41-37-17-7-4-14-33(37)34-15-5-9-19-39(34)42(41)40(36)26-28/h1-26H. The molecule has 0 nitrogen and oxygen atoms in total. The van der Waals surface area contributed by atoms with Gasteiger partial charge in [0, 0.05) is 0 Å². The molecule has 0 heteroatoms. The average molecular weight is 531 g/mol. The van der Waals surface area contributed by atoms with Crippen LogP contribution in [0.4, 0.5) is 0 Å². The summed E-state index contributed by atoms with van der Waals surface area (Å²) in [6.45, 7) is 0. The summed E-state index contributed by atoms with van der Waals surface area (Å²) < 4.78 is 0. The summed E-state index contributed by atoms with van der Waals surface area (Å²) in [6.07, 6.45) is 0. The maximum Gasteiger partial charge on any atom is -0.00137 e. The summed E-state index contributed by atoms with van der Waals surface area (Å²) in [6, 6.07) is 58.0. The number of rotatable bonds is 2. The van der Waals surface area contributed by atoms with E-state index in [1.807, 2.05) is 0 Å². The van der Waals surface area contributed by atoms with Crippen molar-refractivity contribution < 1.29 is 0 Å². The van der Waals surface area contributed by atoms with Crippen LogP contribution in [0.3, 0.4) is 0 Å². The molecule has 0 aliphatic carbocycles. The molecule has 194 valence electrons. The zero-order chi connectivity index (χ0) is 27.6. The van der Waals surface area contributed by atoms with Crippen molar-refractivity contribution in [2.45, 2.75) is 0 Å². The Balaban J connectivity index is 1.44. The maximum atomic E-state index is 2.44. The molecule has 42 heavy (non-hydrogen) atoms. The van der Waals surface area contributed by atoms with E-state index in [9.17, 15) is 0 Å². The summed E-state index contributed by atoms with van der Waals surface area (Å²) in [5.74, 6) is 0. The van der Waals surface area contributed by atoms with Gasteiger partial charge in [-0.1, -0.05) is 152 Å². The lowest BCUT2D eigenvalue weighted by atomic mass is 9.86. The van der Waals surface area contributed by atoms with E-state index in [1.54, 1.807) is 0 Å². The molecule has 0 amide bonds. The van der Waals surface area contributed by atoms with E-state index >= 15 is 0 Å². The smallest absolute Gasteiger partial charge is 0.00137 e. The molecule has 0 atom stereocenters. The Kier molecular flexibility index (Phi) is 5.00. The molecule has 0 saturated heterocycles. The van der Waals surface area contributed by atoms with Crippen molar-refractivity contribution in [1.82, 2.24) is 0 Å². The molecule has 9 rings (SSSR count). The van der Waals surface area contributed by atoms with Gasteiger partial charge in [-0.3, -0.25) is 0 Å². The van der Waals surface area contributed by atoms with Gasteiger partial charge < -0.3 is 0 Å². The summed E-state index contributed by atoms with van der Waals surface area (Å²) in [7, 11) is 0. The third kappa shape index (κ3) is 3.30. The molecule has 0 aliphatic heterocycles. The molecular formula is C42H26. The summed E-state index contributed by atoms with van der Waals surface area (Å²) in [5.41, 5.74) is 5.02. The normalized spacial score (nSPS) is 11.8. The van der Waals surface area contributed by atoms with Crippen LogP contribution in [0.25, 0.3) is 86.9 Å². The fourth-order valence-corrected chi connectivity index (χ4v) is 7.22. The minimum absolute atomic E-state index is 1.24. The topological polar surface area (TPSA) is 0 Å². The van der Waals surface area contributed by atoms with Crippen molar-refractivity contribution in [2.24, 2.45) is 0 Å². The Hall–Kier alpha value is -5.46. The summed E-state index contributed by atoms with van der Waals surface area (Å²) in [4.78, 5) is 0. The summed E-state index contributed by atoms with van der Waals surface area (Å²) in [5, 5.41) is 15.7. The minimum atomic E-state index is 1.24. The number of fused-ring (bicyclic) bond motifs is 12. The fraction of sp³-hybridized carbons (Fsp3) is 0. The molecule has 0 heterocycles. The molecule has 0 N–H and O–H groups in total. The van der Waals surface area contributed by atoms with Crippen molar-refractivity contribution in [3.63, 3.8) is 0 Å². The van der Waals surface area contributed by atoms with Crippen molar-refractivity contribution in [3.8, 4) is 22.3 Å². The molecule has 0 aromatic heterocycles.